The van der Waals surface area contributed by atoms with E-state index in [0.717, 1.165) is 48.7 Å². The zero-order chi connectivity index (χ0) is 30.9. The van der Waals surface area contributed by atoms with E-state index in [2.05, 4.69) is 103 Å². The van der Waals surface area contributed by atoms with Crippen LogP contribution in [0.4, 0.5) is 0 Å². The molecule has 5 aliphatic carbocycles. The van der Waals surface area contributed by atoms with E-state index in [4.69, 9.17) is 15.0 Å². The molecule has 10 rings (SSSR count). The van der Waals surface area contributed by atoms with Crippen molar-refractivity contribution in [1.82, 2.24) is 15.0 Å². The second kappa shape index (κ2) is 11.0. The fraction of sp³-hybridized carbons (Fsp3) is 0.233. The highest BCUT2D eigenvalue weighted by Gasteiger charge is 2.27. The highest BCUT2D eigenvalue weighted by atomic mass is 32.1. The Hall–Kier alpha value is -4.67. The van der Waals surface area contributed by atoms with Crippen LogP contribution >= 0.6 is 11.3 Å². The first-order valence-electron chi connectivity index (χ1n) is 17.2. The second-order valence-electron chi connectivity index (χ2n) is 13.6. The highest BCUT2D eigenvalue weighted by Crippen LogP contribution is 2.44. The summed E-state index contributed by atoms with van der Waals surface area (Å²) in [6.45, 7) is 0. The molecule has 0 saturated carbocycles. The second-order valence-corrected chi connectivity index (χ2v) is 14.7. The maximum absolute atomic E-state index is 5.33. The molecule has 2 heterocycles. The van der Waals surface area contributed by atoms with E-state index in [0.29, 0.717) is 5.92 Å². The van der Waals surface area contributed by atoms with Crippen LogP contribution in [0.2, 0.25) is 0 Å². The van der Waals surface area contributed by atoms with Gasteiger partial charge in [0.05, 0.1) is 0 Å². The lowest BCUT2D eigenvalue weighted by Crippen LogP contribution is -2.28. The van der Waals surface area contributed by atoms with Gasteiger partial charge in [0.15, 0.2) is 11.6 Å². The monoisotopic (exact) mass is 625 g/mol. The molecule has 4 heteroatoms. The Kier molecular flexibility index (Phi) is 6.40. The number of rotatable bonds is 3. The van der Waals surface area contributed by atoms with Crippen LogP contribution in [0.15, 0.2) is 84.5 Å². The predicted molar refractivity (Wildman–Crippen MR) is 196 cm³/mol. The van der Waals surface area contributed by atoms with Crippen LogP contribution in [0.1, 0.15) is 88.3 Å². The molecule has 5 aliphatic rings. The summed E-state index contributed by atoms with van der Waals surface area (Å²) in [6, 6.07) is 20.1. The molecule has 0 N–H and O–H groups in total. The summed E-state index contributed by atoms with van der Waals surface area (Å²) in [5, 5.41) is 3.95. The maximum Gasteiger partial charge on any atom is 0.165 e. The van der Waals surface area contributed by atoms with Gasteiger partial charge in [-0.25, -0.2) is 15.0 Å². The Balaban J connectivity index is 1.14. The number of benzene rings is 3. The highest BCUT2D eigenvalue weighted by molar-refractivity contribution is 7.19. The van der Waals surface area contributed by atoms with E-state index in [-0.39, 0.29) is 5.92 Å². The fourth-order valence-electron chi connectivity index (χ4n) is 8.42. The largest absolute Gasteiger partial charge is 0.213 e. The van der Waals surface area contributed by atoms with Gasteiger partial charge >= 0.3 is 0 Å². The molecule has 0 radical (unpaired) electrons. The Morgan fingerprint density at radius 3 is 2.64 bits per heavy atom. The van der Waals surface area contributed by atoms with E-state index < -0.39 is 0 Å². The lowest BCUT2D eigenvalue weighted by molar-refractivity contribution is 0.700. The van der Waals surface area contributed by atoms with Crippen LogP contribution in [-0.4, -0.2) is 15.0 Å². The van der Waals surface area contributed by atoms with E-state index in [1.165, 1.54) is 79.6 Å². The van der Waals surface area contributed by atoms with Crippen molar-refractivity contribution in [3.63, 3.8) is 0 Å². The van der Waals surface area contributed by atoms with Crippen molar-refractivity contribution in [2.75, 3.05) is 0 Å². The molecule has 3 aromatic carbocycles. The molecule has 0 spiro atoms. The van der Waals surface area contributed by atoms with Crippen LogP contribution in [-0.2, 0) is 19.3 Å². The molecule has 3 nitrogen and oxygen atoms in total. The summed E-state index contributed by atoms with van der Waals surface area (Å²) in [5.41, 5.74) is 10.9. The normalized spacial score (nSPS) is 20.5. The van der Waals surface area contributed by atoms with E-state index in [1.807, 2.05) is 11.3 Å². The standard InChI is InChI=1S/C43H35N3S/c1-2-10-29-24-30(18-16-26(29)8-1)41-44-42(46-43(45-41)37-14-7-13-36-35-12-5-6-15-39(35)47-40(36)37)31-19-17-28-21-22-33-32-11-4-3-9-27(32)20-23-34(33)38(28)25-31/h1-4,7-10,13-14,16,20-25,30,32H,5-6,11-12,15,17-19H2. The van der Waals surface area contributed by atoms with Crippen LogP contribution in [0, 0.1) is 0 Å². The molecule has 47 heavy (non-hydrogen) atoms. The van der Waals surface area contributed by atoms with Gasteiger partial charge in [0.25, 0.3) is 0 Å². The van der Waals surface area contributed by atoms with Crippen molar-refractivity contribution in [3.8, 4) is 11.4 Å². The summed E-state index contributed by atoms with van der Waals surface area (Å²) in [4.78, 5) is 17.5. The van der Waals surface area contributed by atoms with E-state index in [9.17, 15) is 0 Å². The number of aromatic nitrogens is 3. The Morgan fingerprint density at radius 1 is 0.745 bits per heavy atom. The number of allylic oxidation sites excluding steroid dienone is 6. The molecular formula is C43H35N3S. The first-order valence-corrected chi connectivity index (χ1v) is 18.1. The van der Waals surface area contributed by atoms with Gasteiger partial charge in [-0.3, -0.25) is 0 Å². The van der Waals surface area contributed by atoms with Gasteiger partial charge in [0, 0.05) is 27.0 Å². The number of fused-ring (bicyclic) bond motifs is 9. The minimum absolute atomic E-state index is 0.109. The quantitative estimate of drug-likeness (QED) is 0.201. The lowest BCUT2D eigenvalue weighted by Gasteiger charge is -2.29. The number of aryl methyl sites for hydroxylation is 3. The summed E-state index contributed by atoms with van der Waals surface area (Å²) in [7, 11) is 0. The van der Waals surface area contributed by atoms with Gasteiger partial charge in [0.2, 0.25) is 0 Å². The molecule has 228 valence electrons. The minimum Gasteiger partial charge on any atom is -0.213 e. The Labute approximate surface area is 279 Å². The molecule has 0 saturated heterocycles. The Bertz CT molecular complexity index is 2380. The van der Waals surface area contributed by atoms with Crippen molar-refractivity contribution in [1.29, 1.82) is 0 Å². The Morgan fingerprint density at radius 2 is 1.66 bits per heavy atom. The van der Waals surface area contributed by atoms with Crippen molar-refractivity contribution in [2.24, 2.45) is 0 Å². The molecule has 2 aromatic heterocycles. The van der Waals surface area contributed by atoms with Crippen LogP contribution in [0.5, 0.6) is 0 Å². The molecule has 2 atom stereocenters. The zero-order valence-electron chi connectivity index (χ0n) is 26.4. The minimum atomic E-state index is 0.109. The fourth-order valence-corrected chi connectivity index (χ4v) is 9.82. The summed E-state index contributed by atoms with van der Waals surface area (Å²) < 4.78 is 1.33. The van der Waals surface area contributed by atoms with Crippen molar-refractivity contribution in [3.05, 3.63) is 139 Å². The van der Waals surface area contributed by atoms with Gasteiger partial charge < -0.3 is 0 Å². The maximum atomic E-state index is 5.33. The first-order chi connectivity index (χ1) is 23.3. The molecule has 2 unspecified atom stereocenters. The van der Waals surface area contributed by atoms with Crippen LogP contribution in [0.25, 0.3) is 51.4 Å². The SMILES string of the molecule is C1=CCC2C(=C1)C=Cc1c2ccc2c1C=C(c1nc(-c3cccc4c5c(sc34)CCCC5)nc(C3C=c4ccccc4=CC3)n1)CC2. The van der Waals surface area contributed by atoms with Gasteiger partial charge in [-0.15, -0.1) is 11.3 Å². The van der Waals surface area contributed by atoms with Crippen LogP contribution in [0.3, 0.4) is 0 Å². The molecule has 0 aliphatic heterocycles. The summed E-state index contributed by atoms with van der Waals surface area (Å²) in [5.74, 6) is 3.07. The molecule has 0 fully saturated rings. The average Bonchev–Trinajstić information content (AvgIpc) is 3.53. The van der Waals surface area contributed by atoms with Gasteiger partial charge in [0.1, 0.15) is 5.82 Å². The molecule has 0 bridgehead atoms. The van der Waals surface area contributed by atoms with Gasteiger partial charge in [-0.1, -0.05) is 91.1 Å². The van der Waals surface area contributed by atoms with Crippen molar-refractivity contribution < 1.29 is 0 Å². The van der Waals surface area contributed by atoms with Gasteiger partial charge in [-0.2, -0.15) is 0 Å². The predicted octanol–water partition coefficient (Wildman–Crippen LogP) is 8.86. The molecule has 0 amide bonds. The third kappa shape index (κ3) is 4.57. The number of hydrogen-bond acceptors (Lipinski definition) is 4. The first kappa shape index (κ1) is 27.4. The van der Waals surface area contributed by atoms with Crippen molar-refractivity contribution in [2.45, 2.75) is 63.2 Å². The zero-order valence-corrected chi connectivity index (χ0v) is 27.2. The van der Waals surface area contributed by atoms with Gasteiger partial charge in [-0.05, 0) is 118 Å². The summed E-state index contributed by atoms with van der Waals surface area (Å²) >= 11 is 1.96. The average molecular weight is 626 g/mol. The molecular weight excluding hydrogens is 591 g/mol. The molecule has 5 aromatic rings. The topological polar surface area (TPSA) is 38.7 Å². The number of thiophene rings is 1. The number of nitrogens with zero attached hydrogens (tertiary/aromatic N) is 3. The lowest BCUT2D eigenvalue weighted by atomic mass is 9.75. The van der Waals surface area contributed by atoms with Crippen molar-refractivity contribution >= 4 is 51.3 Å². The van der Waals surface area contributed by atoms with E-state index >= 15 is 0 Å². The van der Waals surface area contributed by atoms with Crippen LogP contribution < -0.4 is 10.4 Å². The number of hydrogen-bond donors (Lipinski definition) is 0. The van der Waals surface area contributed by atoms with E-state index in [1.54, 1.807) is 10.4 Å². The summed E-state index contributed by atoms with van der Waals surface area (Å²) in [6.07, 6.45) is 27.3. The third-order valence-electron chi connectivity index (χ3n) is 10.9. The smallest absolute Gasteiger partial charge is 0.165 e. The third-order valence-corrected chi connectivity index (χ3v) is 12.2.